The lowest BCUT2D eigenvalue weighted by molar-refractivity contribution is -0.141. The van der Waals surface area contributed by atoms with Crippen LogP contribution in [0.3, 0.4) is 0 Å². The van der Waals surface area contributed by atoms with Gasteiger partial charge in [-0.15, -0.1) is 0 Å². The molecule has 1 amide bonds. The number of amides is 1. The summed E-state index contributed by atoms with van der Waals surface area (Å²) in [5.41, 5.74) is 0.824. The monoisotopic (exact) mass is 375 g/mol. The van der Waals surface area contributed by atoms with E-state index in [2.05, 4.69) is 0 Å². The van der Waals surface area contributed by atoms with E-state index in [1.807, 2.05) is 0 Å². The molecule has 1 N–H and O–H groups in total. The van der Waals surface area contributed by atoms with Crippen LogP contribution in [0, 0.1) is 5.92 Å². The second-order valence-electron chi connectivity index (χ2n) is 6.20. The largest absolute Gasteiger partial charge is 0.481 e. The van der Waals surface area contributed by atoms with Gasteiger partial charge in [0.1, 0.15) is 0 Å². The topological polar surface area (TPSA) is 91.8 Å². The van der Waals surface area contributed by atoms with Crippen molar-refractivity contribution in [2.75, 3.05) is 13.6 Å². The Hall–Kier alpha value is -2.67. The summed E-state index contributed by atoms with van der Waals surface area (Å²) in [6, 6.07) is 14.5. The van der Waals surface area contributed by atoms with Gasteiger partial charge in [-0.25, -0.2) is 8.42 Å². The van der Waals surface area contributed by atoms with E-state index >= 15 is 0 Å². The molecule has 0 aliphatic carbocycles. The molecule has 1 unspecified atom stereocenters. The van der Waals surface area contributed by atoms with Gasteiger partial charge >= 0.3 is 5.97 Å². The molecule has 0 saturated heterocycles. The molecule has 0 spiro atoms. The van der Waals surface area contributed by atoms with Crippen LogP contribution in [0.2, 0.25) is 0 Å². The molecule has 0 radical (unpaired) electrons. The Kier molecular flexibility index (Phi) is 6.15. The minimum Gasteiger partial charge on any atom is -0.481 e. The molecule has 2 aromatic rings. The van der Waals surface area contributed by atoms with E-state index in [1.54, 1.807) is 36.4 Å². The summed E-state index contributed by atoms with van der Waals surface area (Å²) in [7, 11) is -1.99. The van der Waals surface area contributed by atoms with Gasteiger partial charge in [0, 0.05) is 19.2 Å². The number of hydrogen-bond acceptors (Lipinski definition) is 4. The van der Waals surface area contributed by atoms with Gasteiger partial charge in [-0.3, -0.25) is 9.59 Å². The molecule has 0 saturated carbocycles. The standard InChI is InChI=1S/C19H21NO5S/c1-14(19(22)23)12-20(2)18(21)16-8-6-7-15(11-16)13-26(24,25)17-9-4-3-5-10-17/h3-11,14H,12-13H2,1-2H3,(H,22,23). The van der Waals surface area contributed by atoms with Crippen molar-refractivity contribution < 1.29 is 23.1 Å². The number of benzene rings is 2. The lowest BCUT2D eigenvalue weighted by Gasteiger charge is -2.19. The zero-order valence-corrected chi connectivity index (χ0v) is 15.4. The first-order chi connectivity index (χ1) is 12.2. The van der Waals surface area contributed by atoms with E-state index in [9.17, 15) is 18.0 Å². The third-order valence-corrected chi connectivity index (χ3v) is 5.65. The first-order valence-corrected chi connectivity index (χ1v) is 9.71. The van der Waals surface area contributed by atoms with Crippen LogP contribution in [0.1, 0.15) is 22.8 Å². The van der Waals surface area contributed by atoms with Crippen LogP contribution < -0.4 is 0 Å². The number of carbonyl (C=O) groups excluding carboxylic acids is 1. The van der Waals surface area contributed by atoms with Crippen LogP contribution in [-0.2, 0) is 20.4 Å². The van der Waals surface area contributed by atoms with E-state index in [4.69, 9.17) is 5.11 Å². The van der Waals surface area contributed by atoms with Gasteiger partial charge < -0.3 is 10.0 Å². The molecule has 0 fully saturated rings. The van der Waals surface area contributed by atoms with Crippen molar-refractivity contribution in [3.8, 4) is 0 Å². The summed E-state index contributed by atoms with van der Waals surface area (Å²) in [4.78, 5) is 25.0. The van der Waals surface area contributed by atoms with Crippen molar-refractivity contribution in [3.63, 3.8) is 0 Å². The molecule has 0 aromatic heterocycles. The summed E-state index contributed by atoms with van der Waals surface area (Å²) in [6.07, 6.45) is 0. The fraction of sp³-hybridized carbons (Fsp3) is 0.263. The molecular weight excluding hydrogens is 354 g/mol. The van der Waals surface area contributed by atoms with Gasteiger partial charge in [-0.1, -0.05) is 37.3 Å². The number of aliphatic carboxylic acids is 1. The van der Waals surface area contributed by atoms with Gasteiger partial charge in [0.15, 0.2) is 9.84 Å². The normalized spacial score (nSPS) is 12.4. The lowest BCUT2D eigenvalue weighted by atomic mass is 10.1. The van der Waals surface area contributed by atoms with Gasteiger partial charge in [-0.2, -0.15) is 0 Å². The van der Waals surface area contributed by atoms with Crippen LogP contribution in [0.15, 0.2) is 59.5 Å². The van der Waals surface area contributed by atoms with Crippen molar-refractivity contribution in [1.82, 2.24) is 4.90 Å². The Morgan fingerprint density at radius 1 is 1.08 bits per heavy atom. The highest BCUT2D eigenvalue weighted by Gasteiger charge is 2.20. The maximum atomic E-state index is 12.5. The van der Waals surface area contributed by atoms with E-state index in [0.717, 1.165) is 0 Å². The first kappa shape index (κ1) is 19.7. The highest BCUT2D eigenvalue weighted by molar-refractivity contribution is 7.90. The number of sulfone groups is 1. The van der Waals surface area contributed by atoms with Crippen LogP contribution in [-0.4, -0.2) is 43.9 Å². The van der Waals surface area contributed by atoms with Crippen molar-refractivity contribution in [3.05, 3.63) is 65.7 Å². The van der Waals surface area contributed by atoms with Crippen molar-refractivity contribution >= 4 is 21.7 Å². The summed E-state index contributed by atoms with van der Waals surface area (Å²) >= 11 is 0. The lowest BCUT2D eigenvalue weighted by Crippen LogP contribution is -2.33. The predicted octanol–water partition coefficient (Wildman–Crippen LogP) is 2.45. The fourth-order valence-corrected chi connectivity index (χ4v) is 3.87. The van der Waals surface area contributed by atoms with E-state index < -0.39 is 21.7 Å². The molecule has 0 heterocycles. The average molecular weight is 375 g/mol. The first-order valence-electron chi connectivity index (χ1n) is 8.05. The van der Waals surface area contributed by atoms with E-state index in [-0.39, 0.29) is 23.1 Å². The van der Waals surface area contributed by atoms with Crippen LogP contribution in [0.4, 0.5) is 0 Å². The molecule has 2 aromatic carbocycles. The number of nitrogens with zero attached hydrogens (tertiary/aromatic N) is 1. The molecule has 26 heavy (non-hydrogen) atoms. The van der Waals surface area contributed by atoms with Crippen LogP contribution in [0.5, 0.6) is 0 Å². The fourth-order valence-electron chi connectivity index (χ4n) is 2.52. The van der Waals surface area contributed by atoms with Gasteiger partial charge in [0.25, 0.3) is 5.91 Å². The minimum absolute atomic E-state index is 0.0701. The minimum atomic E-state index is -3.51. The number of carbonyl (C=O) groups is 2. The molecule has 0 aliphatic rings. The Morgan fingerprint density at radius 2 is 1.73 bits per heavy atom. The molecule has 2 rings (SSSR count). The smallest absolute Gasteiger partial charge is 0.308 e. The number of carboxylic acids is 1. The van der Waals surface area contributed by atoms with Gasteiger partial charge in [-0.05, 0) is 29.8 Å². The molecule has 138 valence electrons. The summed E-state index contributed by atoms with van der Waals surface area (Å²) in [5, 5.41) is 8.96. The SMILES string of the molecule is CC(CN(C)C(=O)c1cccc(CS(=O)(=O)c2ccccc2)c1)C(=O)O. The number of hydrogen-bond donors (Lipinski definition) is 1. The average Bonchev–Trinajstić information content (AvgIpc) is 2.61. The molecule has 1 atom stereocenters. The quantitative estimate of drug-likeness (QED) is 0.803. The number of rotatable bonds is 7. The highest BCUT2D eigenvalue weighted by Crippen LogP contribution is 2.17. The highest BCUT2D eigenvalue weighted by atomic mass is 32.2. The summed E-state index contributed by atoms with van der Waals surface area (Å²) < 4.78 is 25.0. The second kappa shape index (κ2) is 8.14. The maximum Gasteiger partial charge on any atom is 0.308 e. The molecular formula is C19H21NO5S. The Labute approximate surface area is 153 Å². The molecule has 0 aliphatic heterocycles. The Morgan fingerprint density at radius 3 is 2.35 bits per heavy atom. The predicted molar refractivity (Wildman–Crippen MR) is 97.5 cm³/mol. The molecule has 7 heteroatoms. The third kappa shape index (κ3) is 4.92. The van der Waals surface area contributed by atoms with Gasteiger partial charge in [0.2, 0.25) is 0 Å². The maximum absolute atomic E-state index is 12.5. The molecule has 6 nitrogen and oxygen atoms in total. The van der Waals surface area contributed by atoms with Crippen molar-refractivity contribution in [1.29, 1.82) is 0 Å². The zero-order chi connectivity index (χ0) is 19.3. The third-order valence-electron chi connectivity index (χ3n) is 3.95. The number of carboxylic acid groups (broad SMARTS) is 1. The second-order valence-corrected chi connectivity index (χ2v) is 8.19. The summed E-state index contributed by atoms with van der Waals surface area (Å²) in [5.74, 6) is -2.23. The van der Waals surface area contributed by atoms with Crippen molar-refractivity contribution in [2.24, 2.45) is 5.92 Å². The Bertz CT molecular complexity index is 893. The van der Waals surface area contributed by atoms with Crippen molar-refractivity contribution in [2.45, 2.75) is 17.6 Å². The summed E-state index contributed by atoms with van der Waals surface area (Å²) in [6.45, 7) is 1.59. The van der Waals surface area contributed by atoms with E-state index in [1.165, 1.54) is 37.1 Å². The van der Waals surface area contributed by atoms with E-state index in [0.29, 0.717) is 11.1 Å². The zero-order valence-electron chi connectivity index (χ0n) is 14.6. The Balaban J connectivity index is 2.17. The van der Waals surface area contributed by atoms with Crippen LogP contribution in [0.25, 0.3) is 0 Å². The van der Waals surface area contributed by atoms with Crippen LogP contribution >= 0.6 is 0 Å². The van der Waals surface area contributed by atoms with Gasteiger partial charge in [0.05, 0.1) is 16.6 Å². The molecule has 0 bridgehead atoms.